The summed E-state index contributed by atoms with van der Waals surface area (Å²) < 4.78 is 13.3. The molecule has 0 saturated carbocycles. The lowest BCUT2D eigenvalue weighted by atomic mass is 10.1. The maximum Gasteiger partial charge on any atom is 0.268 e. The van der Waals surface area contributed by atoms with Crippen molar-refractivity contribution in [3.63, 3.8) is 0 Å². The monoisotopic (exact) mass is 399 g/mol. The average Bonchev–Trinajstić information content (AvgIpc) is 3.40. The molecular weight excluding hydrogens is 386 g/mol. The fourth-order valence-corrected chi connectivity index (χ4v) is 4.04. The lowest BCUT2D eigenvalue weighted by Gasteiger charge is -2.24. The maximum atomic E-state index is 6.02. The molecule has 4 heterocycles. The molecule has 27 heavy (non-hydrogen) atoms. The van der Waals surface area contributed by atoms with Gasteiger partial charge in [0.1, 0.15) is 6.10 Å². The zero-order chi connectivity index (χ0) is 18.4. The Labute approximate surface area is 163 Å². The molecular formula is C18H14ClN5O2S. The Morgan fingerprint density at radius 2 is 2.07 bits per heavy atom. The number of benzene rings is 1. The molecule has 0 saturated heterocycles. The minimum absolute atomic E-state index is 0.0982. The molecule has 4 aromatic rings. The number of fused-ring (bicyclic) bond motifs is 1. The number of aromatic nitrogens is 5. The van der Waals surface area contributed by atoms with E-state index < -0.39 is 0 Å². The average molecular weight is 400 g/mol. The van der Waals surface area contributed by atoms with Gasteiger partial charge in [-0.05, 0) is 41.6 Å². The predicted octanol–water partition coefficient (Wildman–Crippen LogP) is 4.29. The normalized spacial score (nSPS) is 16.4. The van der Waals surface area contributed by atoms with Gasteiger partial charge in [-0.25, -0.2) is 4.68 Å². The fraction of sp³-hybridized carbons (Fsp3) is 0.222. The summed E-state index contributed by atoms with van der Waals surface area (Å²) in [6.45, 7) is 2.96. The smallest absolute Gasteiger partial charge is 0.268 e. The summed E-state index contributed by atoms with van der Waals surface area (Å²) in [5.74, 6) is 0.919. The molecule has 7 nitrogen and oxygen atoms in total. The lowest BCUT2D eigenvalue weighted by Crippen LogP contribution is -2.22. The van der Waals surface area contributed by atoms with Crippen LogP contribution in [0, 0.1) is 6.92 Å². The number of thiophene rings is 1. The molecule has 0 fully saturated rings. The van der Waals surface area contributed by atoms with Crippen molar-refractivity contribution in [1.29, 1.82) is 0 Å². The molecule has 3 aromatic heterocycles. The van der Waals surface area contributed by atoms with Crippen LogP contribution in [0.5, 0.6) is 0 Å². The van der Waals surface area contributed by atoms with Crippen molar-refractivity contribution in [2.24, 2.45) is 0 Å². The Bertz CT molecular complexity index is 1100. The standard InChI is InChI=1S/C18H14ClN5O2S/c1-10-6-7-27-16(10)18-20-17(22-26-18)15-13-9-25-14(8-24(13)23-21-15)11-2-4-12(19)5-3-11/h2-7,14H,8-9H2,1H3/t14-/m0/s1. The van der Waals surface area contributed by atoms with E-state index in [2.05, 4.69) is 20.5 Å². The van der Waals surface area contributed by atoms with Gasteiger partial charge in [0.2, 0.25) is 5.82 Å². The van der Waals surface area contributed by atoms with Crippen LogP contribution in [-0.4, -0.2) is 25.1 Å². The third kappa shape index (κ3) is 2.95. The van der Waals surface area contributed by atoms with Crippen molar-refractivity contribution >= 4 is 22.9 Å². The highest BCUT2D eigenvalue weighted by Crippen LogP contribution is 2.32. The highest BCUT2D eigenvalue weighted by Gasteiger charge is 2.27. The first kappa shape index (κ1) is 16.6. The van der Waals surface area contributed by atoms with Crippen molar-refractivity contribution < 1.29 is 9.26 Å². The maximum absolute atomic E-state index is 6.02. The van der Waals surface area contributed by atoms with E-state index in [-0.39, 0.29) is 6.10 Å². The van der Waals surface area contributed by atoms with Crippen LogP contribution in [0.1, 0.15) is 22.9 Å². The van der Waals surface area contributed by atoms with E-state index in [0.717, 1.165) is 21.7 Å². The molecule has 0 radical (unpaired) electrons. The van der Waals surface area contributed by atoms with Crippen molar-refractivity contribution in [1.82, 2.24) is 25.1 Å². The Hall–Kier alpha value is -2.55. The second kappa shape index (κ2) is 6.56. The summed E-state index contributed by atoms with van der Waals surface area (Å²) in [5.41, 5.74) is 3.59. The predicted molar refractivity (Wildman–Crippen MR) is 100 cm³/mol. The topological polar surface area (TPSA) is 78.9 Å². The van der Waals surface area contributed by atoms with Crippen molar-refractivity contribution in [2.45, 2.75) is 26.2 Å². The number of hydrogen-bond donors (Lipinski definition) is 0. The number of ether oxygens (including phenoxy) is 1. The fourth-order valence-electron chi connectivity index (χ4n) is 3.07. The molecule has 9 heteroatoms. The first-order valence-corrected chi connectivity index (χ1v) is 9.63. The number of rotatable bonds is 3. The zero-order valence-corrected chi connectivity index (χ0v) is 15.9. The summed E-state index contributed by atoms with van der Waals surface area (Å²) in [5, 5.41) is 15.3. The van der Waals surface area contributed by atoms with Crippen LogP contribution < -0.4 is 0 Å². The Balaban J connectivity index is 1.42. The van der Waals surface area contributed by atoms with Crippen LogP contribution >= 0.6 is 22.9 Å². The van der Waals surface area contributed by atoms with Crippen molar-refractivity contribution in [2.75, 3.05) is 0 Å². The van der Waals surface area contributed by atoms with E-state index in [0.29, 0.717) is 35.6 Å². The van der Waals surface area contributed by atoms with Gasteiger partial charge in [0.05, 0.1) is 23.7 Å². The van der Waals surface area contributed by atoms with E-state index >= 15 is 0 Å². The molecule has 0 spiro atoms. The number of halogens is 1. The molecule has 0 bridgehead atoms. The Kier molecular flexibility index (Phi) is 4.04. The highest BCUT2D eigenvalue weighted by molar-refractivity contribution is 7.13. The third-order valence-corrected chi connectivity index (χ3v) is 5.79. The number of aryl methyl sites for hydroxylation is 1. The van der Waals surface area contributed by atoms with Crippen LogP contribution in [0.2, 0.25) is 5.02 Å². The minimum atomic E-state index is -0.0982. The van der Waals surface area contributed by atoms with Crippen LogP contribution in [0.25, 0.3) is 22.3 Å². The molecule has 0 aliphatic carbocycles. The molecule has 5 rings (SSSR count). The second-order valence-corrected chi connectivity index (χ2v) is 7.63. The molecule has 0 N–H and O–H groups in total. The van der Waals surface area contributed by atoms with E-state index in [1.54, 1.807) is 11.3 Å². The van der Waals surface area contributed by atoms with Crippen LogP contribution in [0.15, 0.2) is 40.2 Å². The Morgan fingerprint density at radius 3 is 2.85 bits per heavy atom. The van der Waals surface area contributed by atoms with Gasteiger partial charge < -0.3 is 9.26 Å². The zero-order valence-electron chi connectivity index (χ0n) is 14.3. The SMILES string of the molecule is Cc1ccsc1-c1nc(-c2nnn3c2CO[C@H](c2ccc(Cl)cc2)C3)no1. The molecule has 136 valence electrons. The summed E-state index contributed by atoms with van der Waals surface area (Å²) in [6.07, 6.45) is -0.0982. The Morgan fingerprint density at radius 1 is 1.22 bits per heavy atom. The van der Waals surface area contributed by atoms with Crippen LogP contribution in [0.3, 0.4) is 0 Å². The molecule has 1 aliphatic heterocycles. The van der Waals surface area contributed by atoms with Crippen molar-refractivity contribution in [3.8, 4) is 22.3 Å². The summed E-state index contributed by atoms with van der Waals surface area (Å²) in [4.78, 5) is 5.46. The van der Waals surface area contributed by atoms with Gasteiger partial charge in [-0.2, -0.15) is 4.98 Å². The molecule has 0 amide bonds. The van der Waals surface area contributed by atoms with Gasteiger partial charge in [-0.15, -0.1) is 16.4 Å². The summed E-state index contributed by atoms with van der Waals surface area (Å²) in [7, 11) is 0. The van der Waals surface area contributed by atoms with E-state index in [1.165, 1.54) is 0 Å². The second-order valence-electron chi connectivity index (χ2n) is 6.27. The van der Waals surface area contributed by atoms with E-state index in [4.69, 9.17) is 20.9 Å². The number of nitrogens with zero attached hydrogens (tertiary/aromatic N) is 5. The van der Waals surface area contributed by atoms with Gasteiger partial charge in [-0.1, -0.05) is 34.1 Å². The first-order chi connectivity index (χ1) is 13.2. The molecule has 1 aromatic carbocycles. The quantitative estimate of drug-likeness (QED) is 0.511. The third-order valence-electron chi connectivity index (χ3n) is 4.53. The van der Waals surface area contributed by atoms with Crippen LogP contribution in [0.4, 0.5) is 0 Å². The first-order valence-electron chi connectivity index (χ1n) is 8.37. The van der Waals surface area contributed by atoms with Gasteiger partial charge in [-0.3, -0.25) is 0 Å². The van der Waals surface area contributed by atoms with Gasteiger partial charge in [0.15, 0.2) is 5.69 Å². The molecule has 0 unspecified atom stereocenters. The largest absolute Gasteiger partial charge is 0.365 e. The van der Waals surface area contributed by atoms with Gasteiger partial charge in [0.25, 0.3) is 5.89 Å². The van der Waals surface area contributed by atoms with Crippen LogP contribution in [-0.2, 0) is 17.9 Å². The summed E-state index contributed by atoms with van der Waals surface area (Å²) in [6, 6.07) is 9.66. The summed E-state index contributed by atoms with van der Waals surface area (Å²) >= 11 is 7.53. The van der Waals surface area contributed by atoms with E-state index in [9.17, 15) is 0 Å². The van der Waals surface area contributed by atoms with E-state index in [1.807, 2.05) is 47.3 Å². The lowest BCUT2D eigenvalue weighted by molar-refractivity contribution is -0.00111. The minimum Gasteiger partial charge on any atom is -0.365 e. The highest BCUT2D eigenvalue weighted by atomic mass is 35.5. The molecule has 1 aliphatic rings. The van der Waals surface area contributed by atoms with Gasteiger partial charge in [0, 0.05) is 5.02 Å². The number of hydrogen-bond acceptors (Lipinski definition) is 7. The van der Waals surface area contributed by atoms with Crippen molar-refractivity contribution in [3.05, 3.63) is 57.6 Å². The molecule has 1 atom stereocenters. The van der Waals surface area contributed by atoms with Gasteiger partial charge >= 0.3 is 0 Å².